The molecule has 1 N–H and O–H groups in total. The van der Waals surface area contributed by atoms with Crippen LogP contribution in [0.2, 0.25) is 0 Å². The Hall–Kier alpha value is -1.38. The second kappa shape index (κ2) is 8.23. The van der Waals surface area contributed by atoms with Crippen molar-refractivity contribution < 1.29 is 0 Å². The van der Waals surface area contributed by atoms with E-state index in [-0.39, 0.29) is 0 Å². The van der Waals surface area contributed by atoms with Crippen molar-refractivity contribution in [3.05, 3.63) is 30.2 Å². The van der Waals surface area contributed by atoms with Crippen molar-refractivity contribution in [1.29, 1.82) is 0 Å². The molecule has 3 nitrogen and oxygen atoms in total. The second-order valence-electron chi connectivity index (χ2n) is 2.40. The van der Waals surface area contributed by atoms with E-state index in [4.69, 9.17) is 0 Å². The van der Waals surface area contributed by atoms with Crippen molar-refractivity contribution in [3.63, 3.8) is 0 Å². The first-order valence-corrected chi connectivity index (χ1v) is 5.05. The zero-order chi connectivity index (χ0) is 10.8. The Morgan fingerprint density at radius 1 is 1.57 bits per heavy atom. The van der Waals surface area contributed by atoms with E-state index in [0.29, 0.717) is 0 Å². The van der Waals surface area contributed by atoms with Gasteiger partial charge in [0.1, 0.15) is 0 Å². The number of hydrogen-bond donors (Lipinski definition) is 1. The predicted octanol–water partition coefficient (Wildman–Crippen LogP) is 3.17. The standard InChI is InChI=1S/C9H13N3.C2H6/c1-3-5-10-9(4-2)8-6-11-12-7-8;1-2/h3,5-7H,4H2,1-2H3,(H,11,12);1-2H3/b5-3-,10-9?;. The molecule has 0 fully saturated rings. The molecule has 14 heavy (non-hydrogen) atoms. The molecule has 0 radical (unpaired) electrons. The third-order valence-electron chi connectivity index (χ3n) is 1.55. The maximum Gasteiger partial charge on any atom is 0.0578 e. The van der Waals surface area contributed by atoms with Crippen LogP contribution in [0.1, 0.15) is 39.7 Å². The summed E-state index contributed by atoms with van der Waals surface area (Å²) in [5, 5.41) is 6.64. The molecule has 0 atom stereocenters. The molecule has 3 heteroatoms. The highest BCUT2D eigenvalue weighted by Crippen LogP contribution is 2.01. The van der Waals surface area contributed by atoms with Crippen LogP contribution >= 0.6 is 0 Å². The Labute approximate surface area is 86.0 Å². The van der Waals surface area contributed by atoms with Crippen LogP contribution < -0.4 is 0 Å². The molecule has 0 saturated heterocycles. The lowest BCUT2D eigenvalue weighted by Crippen LogP contribution is -1.95. The van der Waals surface area contributed by atoms with Crippen molar-refractivity contribution >= 4 is 5.71 Å². The zero-order valence-corrected chi connectivity index (χ0v) is 9.41. The average Bonchev–Trinajstić information content (AvgIpc) is 2.76. The van der Waals surface area contributed by atoms with Gasteiger partial charge in [0, 0.05) is 18.0 Å². The lowest BCUT2D eigenvalue weighted by molar-refractivity contribution is 1.09. The monoisotopic (exact) mass is 193 g/mol. The summed E-state index contributed by atoms with van der Waals surface area (Å²) in [4.78, 5) is 4.28. The van der Waals surface area contributed by atoms with Gasteiger partial charge in [0.15, 0.2) is 0 Å². The van der Waals surface area contributed by atoms with Gasteiger partial charge < -0.3 is 0 Å². The molecule has 0 unspecified atom stereocenters. The van der Waals surface area contributed by atoms with E-state index in [1.165, 1.54) is 0 Å². The van der Waals surface area contributed by atoms with Gasteiger partial charge in [0.25, 0.3) is 0 Å². The lowest BCUT2D eigenvalue weighted by atomic mass is 10.2. The smallest absolute Gasteiger partial charge is 0.0578 e. The number of rotatable bonds is 3. The number of aromatic nitrogens is 2. The molecule has 0 amide bonds. The Bertz CT molecular complexity index is 271. The van der Waals surface area contributed by atoms with Crippen molar-refractivity contribution in [1.82, 2.24) is 10.2 Å². The number of nitrogens with one attached hydrogen (secondary N) is 1. The fourth-order valence-electron chi connectivity index (χ4n) is 0.943. The van der Waals surface area contributed by atoms with Gasteiger partial charge in [-0.1, -0.05) is 26.8 Å². The minimum Gasteiger partial charge on any atom is -0.285 e. The quantitative estimate of drug-likeness (QED) is 0.736. The van der Waals surface area contributed by atoms with E-state index < -0.39 is 0 Å². The molecule has 0 aliphatic carbocycles. The fraction of sp³-hybridized carbons (Fsp3) is 0.455. The highest BCUT2D eigenvalue weighted by molar-refractivity contribution is 6.00. The summed E-state index contributed by atoms with van der Waals surface area (Å²) in [5.41, 5.74) is 2.12. The topological polar surface area (TPSA) is 41.0 Å². The predicted molar refractivity (Wildman–Crippen MR) is 61.6 cm³/mol. The largest absolute Gasteiger partial charge is 0.285 e. The van der Waals surface area contributed by atoms with Crippen LogP contribution in [0, 0.1) is 0 Å². The van der Waals surface area contributed by atoms with Crippen molar-refractivity contribution in [3.8, 4) is 0 Å². The van der Waals surface area contributed by atoms with Crippen LogP contribution in [-0.4, -0.2) is 15.9 Å². The minimum atomic E-state index is 0.921. The molecule has 1 rings (SSSR count). The third-order valence-corrected chi connectivity index (χ3v) is 1.55. The molecular formula is C11H19N3. The molecule has 0 aliphatic heterocycles. The van der Waals surface area contributed by atoms with Gasteiger partial charge in [0.05, 0.1) is 11.9 Å². The molecule has 1 aromatic rings. The molecule has 1 aromatic heterocycles. The van der Waals surface area contributed by atoms with Gasteiger partial charge in [0.2, 0.25) is 0 Å². The molecule has 0 aromatic carbocycles. The van der Waals surface area contributed by atoms with Gasteiger partial charge >= 0.3 is 0 Å². The van der Waals surface area contributed by atoms with Crippen LogP contribution in [-0.2, 0) is 0 Å². The van der Waals surface area contributed by atoms with Crippen LogP contribution in [0.15, 0.2) is 29.7 Å². The molecule has 0 bridgehead atoms. The van der Waals surface area contributed by atoms with Gasteiger partial charge in [-0.05, 0) is 13.3 Å². The van der Waals surface area contributed by atoms with E-state index in [1.807, 2.05) is 33.0 Å². The van der Waals surface area contributed by atoms with E-state index in [1.54, 1.807) is 12.4 Å². The summed E-state index contributed by atoms with van der Waals surface area (Å²) in [6.07, 6.45) is 8.27. The number of hydrogen-bond acceptors (Lipinski definition) is 2. The molecule has 1 heterocycles. The van der Waals surface area contributed by atoms with E-state index in [0.717, 1.165) is 17.7 Å². The van der Waals surface area contributed by atoms with E-state index >= 15 is 0 Å². The van der Waals surface area contributed by atoms with Gasteiger partial charge in [-0.15, -0.1) is 0 Å². The summed E-state index contributed by atoms with van der Waals surface area (Å²) in [5.74, 6) is 0. The highest BCUT2D eigenvalue weighted by Gasteiger charge is 1.99. The summed E-state index contributed by atoms with van der Waals surface area (Å²) < 4.78 is 0. The highest BCUT2D eigenvalue weighted by atomic mass is 15.1. The fourth-order valence-corrected chi connectivity index (χ4v) is 0.943. The first-order valence-electron chi connectivity index (χ1n) is 5.05. The molecule has 0 spiro atoms. The summed E-state index contributed by atoms with van der Waals surface area (Å²) in [6, 6.07) is 0. The molecule has 0 saturated carbocycles. The molecule has 0 aliphatic rings. The third kappa shape index (κ3) is 4.03. The Balaban J connectivity index is 0.000000791. The summed E-state index contributed by atoms with van der Waals surface area (Å²) in [6.45, 7) is 8.03. The average molecular weight is 193 g/mol. The second-order valence-corrected chi connectivity index (χ2v) is 2.40. The van der Waals surface area contributed by atoms with Gasteiger partial charge in [-0.25, -0.2) is 0 Å². The number of aliphatic imine (C=N–C) groups is 1. The minimum absolute atomic E-state index is 0.921. The molecule has 78 valence electrons. The van der Waals surface area contributed by atoms with Crippen LogP contribution in [0.25, 0.3) is 0 Å². The van der Waals surface area contributed by atoms with Crippen molar-refractivity contribution in [2.24, 2.45) is 4.99 Å². The number of H-pyrrole nitrogens is 1. The van der Waals surface area contributed by atoms with Gasteiger partial charge in [-0.2, -0.15) is 5.10 Å². The van der Waals surface area contributed by atoms with Crippen molar-refractivity contribution in [2.75, 3.05) is 0 Å². The normalized spacial score (nSPS) is 11.3. The molecular weight excluding hydrogens is 174 g/mol. The van der Waals surface area contributed by atoms with Gasteiger partial charge in [-0.3, -0.25) is 10.1 Å². The van der Waals surface area contributed by atoms with Crippen LogP contribution in [0.3, 0.4) is 0 Å². The number of allylic oxidation sites excluding steroid dienone is 1. The lowest BCUT2D eigenvalue weighted by Gasteiger charge is -1.95. The van der Waals surface area contributed by atoms with E-state index in [9.17, 15) is 0 Å². The first-order chi connectivity index (χ1) is 6.88. The number of nitrogens with zero attached hydrogens (tertiary/aromatic N) is 2. The zero-order valence-electron chi connectivity index (χ0n) is 9.41. The summed E-state index contributed by atoms with van der Waals surface area (Å²) >= 11 is 0. The van der Waals surface area contributed by atoms with E-state index in [2.05, 4.69) is 22.1 Å². The Morgan fingerprint density at radius 3 is 2.71 bits per heavy atom. The van der Waals surface area contributed by atoms with Crippen LogP contribution in [0.4, 0.5) is 0 Å². The SMILES string of the molecule is C/C=C\N=C(CC)c1cn[nH]c1.CC. The van der Waals surface area contributed by atoms with Crippen molar-refractivity contribution in [2.45, 2.75) is 34.1 Å². The Morgan fingerprint density at radius 2 is 2.29 bits per heavy atom. The van der Waals surface area contributed by atoms with Crippen LogP contribution in [0.5, 0.6) is 0 Å². The maximum atomic E-state index is 4.28. The maximum absolute atomic E-state index is 4.28. The number of aromatic amines is 1. The summed E-state index contributed by atoms with van der Waals surface area (Å²) in [7, 11) is 0. The Kier molecular flexibility index (Phi) is 7.42. The first kappa shape index (κ1) is 12.6.